The van der Waals surface area contributed by atoms with Gasteiger partial charge in [-0.15, -0.1) is 0 Å². The number of nitrogens with zero attached hydrogens (tertiary/aromatic N) is 2. The van der Waals surface area contributed by atoms with Crippen LogP contribution in [0.5, 0.6) is 0 Å². The summed E-state index contributed by atoms with van der Waals surface area (Å²) in [5, 5.41) is 10.7. The number of rotatable bonds is 4. The van der Waals surface area contributed by atoms with E-state index in [1.54, 1.807) is 4.90 Å². The Hall–Kier alpha value is -2.68. The number of non-ortho nitro benzene ring substituents is 1. The van der Waals surface area contributed by atoms with E-state index >= 15 is 0 Å². The van der Waals surface area contributed by atoms with Gasteiger partial charge in [0.05, 0.1) is 28.4 Å². The van der Waals surface area contributed by atoms with Gasteiger partial charge in [-0.1, -0.05) is 0 Å². The Bertz CT molecular complexity index is 653. The highest BCUT2D eigenvalue weighted by Gasteiger charge is 2.26. The first-order valence-corrected chi connectivity index (χ1v) is 7.42. The molecule has 2 atom stereocenters. The van der Waals surface area contributed by atoms with Gasteiger partial charge in [0.15, 0.2) is 6.61 Å². The van der Waals surface area contributed by atoms with Crippen molar-refractivity contribution in [3.63, 3.8) is 0 Å². The van der Waals surface area contributed by atoms with Gasteiger partial charge in [-0.2, -0.15) is 0 Å². The van der Waals surface area contributed by atoms with Crippen molar-refractivity contribution in [2.24, 2.45) is 0 Å². The number of hydrogen-bond donors (Lipinski definition) is 1. The summed E-state index contributed by atoms with van der Waals surface area (Å²) in [7, 11) is 0. The van der Waals surface area contributed by atoms with E-state index < -0.39 is 17.5 Å². The fourth-order valence-corrected chi connectivity index (χ4v) is 2.53. The molecule has 0 aromatic heterocycles. The third-order valence-electron chi connectivity index (χ3n) is 3.56. The molecule has 2 rings (SSSR count). The number of benzene rings is 1. The van der Waals surface area contributed by atoms with Gasteiger partial charge in [-0.05, 0) is 19.9 Å². The van der Waals surface area contributed by atoms with Crippen molar-refractivity contribution in [1.29, 1.82) is 0 Å². The number of amides is 1. The lowest BCUT2D eigenvalue weighted by Gasteiger charge is -2.35. The molecule has 1 saturated heterocycles. The quantitative estimate of drug-likeness (QED) is 0.375. The van der Waals surface area contributed by atoms with Crippen LogP contribution in [0.15, 0.2) is 18.2 Å². The van der Waals surface area contributed by atoms with Crippen molar-refractivity contribution in [3.8, 4) is 0 Å². The standard InChI is InChI=1S/C15H19N3O6/c1-9-6-17(7-10(2)24-9)14(19)8-23-15(20)12-4-3-11(18(21)22)5-13(12)16/h3-5,9-10H,6-8,16H2,1-2H3/t9-,10-/m0/s1. The Labute approximate surface area is 138 Å². The summed E-state index contributed by atoms with van der Waals surface area (Å²) >= 11 is 0. The van der Waals surface area contributed by atoms with Gasteiger partial charge in [0.1, 0.15) is 0 Å². The molecule has 0 aliphatic carbocycles. The van der Waals surface area contributed by atoms with Gasteiger partial charge in [0.2, 0.25) is 0 Å². The van der Waals surface area contributed by atoms with E-state index in [0.717, 1.165) is 12.1 Å². The van der Waals surface area contributed by atoms with Crippen LogP contribution in [-0.4, -0.2) is 53.6 Å². The largest absolute Gasteiger partial charge is 0.452 e. The third-order valence-corrected chi connectivity index (χ3v) is 3.56. The van der Waals surface area contributed by atoms with Crippen molar-refractivity contribution in [2.45, 2.75) is 26.1 Å². The van der Waals surface area contributed by atoms with E-state index in [-0.39, 0.29) is 35.1 Å². The lowest BCUT2D eigenvalue weighted by atomic mass is 10.1. The molecule has 1 aromatic rings. The van der Waals surface area contributed by atoms with Gasteiger partial charge in [0.25, 0.3) is 11.6 Å². The highest BCUT2D eigenvalue weighted by atomic mass is 16.6. The van der Waals surface area contributed by atoms with Crippen molar-refractivity contribution >= 4 is 23.3 Å². The monoisotopic (exact) mass is 337 g/mol. The summed E-state index contributed by atoms with van der Waals surface area (Å²) in [4.78, 5) is 35.7. The van der Waals surface area contributed by atoms with E-state index in [2.05, 4.69) is 0 Å². The minimum absolute atomic E-state index is 0.0166. The number of esters is 1. The molecule has 0 saturated carbocycles. The molecule has 2 N–H and O–H groups in total. The SMILES string of the molecule is C[C@H]1CN(C(=O)COC(=O)c2ccc([N+](=O)[O-])cc2N)C[C@H](C)O1. The van der Waals surface area contributed by atoms with Crippen LogP contribution in [0.1, 0.15) is 24.2 Å². The molecule has 1 heterocycles. The normalized spacial score (nSPS) is 20.5. The number of nitrogens with two attached hydrogens (primary N) is 1. The van der Waals surface area contributed by atoms with Crippen LogP contribution in [-0.2, 0) is 14.3 Å². The average molecular weight is 337 g/mol. The molecule has 0 spiro atoms. The molecule has 1 aliphatic heterocycles. The summed E-state index contributed by atoms with van der Waals surface area (Å²) in [6, 6.07) is 3.43. The minimum atomic E-state index is -0.801. The molecule has 1 fully saturated rings. The number of nitrogen functional groups attached to an aromatic ring is 1. The molecule has 1 aromatic carbocycles. The molecule has 130 valence electrons. The number of ether oxygens (including phenoxy) is 2. The maximum Gasteiger partial charge on any atom is 0.340 e. The Balaban J connectivity index is 1.95. The number of morpholine rings is 1. The first-order chi connectivity index (χ1) is 11.3. The first kappa shape index (κ1) is 17.7. The molecule has 9 heteroatoms. The van der Waals surface area contributed by atoms with Crippen molar-refractivity contribution in [1.82, 2.24) is 4.90 Å². The van der Waals surface area contributed by atoms with Crippen LogP contribution < -0.4 is 5.73 Å². The fraction of sp³-hybridized carbons (Fsp3) is 0.467. The van der Waals surface area contributed by atoms with Gasteiger partial charge < -0.3 is 20.1 Å². The van der Waals surface area contributed by atoms with Crippen LogP contribution in [0, 0.1) is 10.1 Å². The fourth-order valence-electron chi connectivity index (χ4n) is 2.53. The van der Waals surface area contributed by atoms with Gasteiger partial charge in [-0.3, -0.25) is 14.9 Å². The Morgan fingerprint density at radius 2 is 2.00 bits per heavy atom. The van der Waals surface area contributed by atoms with Gasteiger partial charge in [0, 0.05) is 25.2 Å². The number of carbonyl (C=O) groups is 2. The molecular formula is C15H19N3O6. The first-order valence-electron chi connectivity index (χ1n) is 7.42. The lowest BCUT2D eigenvalue weighted by Crippen LogP contribution is -2.49. The van der Waals surface area contributed by atoms with Crippen molar-refractivity contribution < 1.29 is 24.0 Å². The van der Waals surface area contributed by atoms with Gasteiger partial charge >= 0.3 is 5.97 Å². The molecule has 0 bridgehead atoms. The average Bonchev–Trinajstić information content (AvgIpc) is 2.51. The van der Waals surface area contributed by atoms with E-state index in [4.69, 9.17) is 15.2 Å². The molecule has 9 nitrogen and oxygen atoms in total. The number of anilines is 1. The number of nitro groups is 1. The van der Waals surface area contributed by atoms with Crippen LogP contribution in [0.2, 0.25) is 0 Å². The summed E-state index contributed by atoms with van der Waals surface area (Å²) in [6.07, 6.45) is -0.169. The van der Waals surface area contributed by atoms with Crippen LogP contribution in [0.25, 0.3) is 0 Å². The summed E-state index contributed by atoms with van der Waals surface area (Å²) < 4.78 is 10.5. The lowest BCUT2D eigenvalue weighted by molar-refractivity contribution is -0.384. The summed E-state index contributed by atoms with van der Waals surface area (Å²) in [6.45, 7) is 4.16. The maximum atomic E-state index is 12.1. The second-order valence-electron chi connectivity index (χ2n) is 5.66. The van der Waals surface area contributed by atoms with Crippen LogP contribution >= 0.6 is 0 Å². The number of nitro benzene ring substituents is 1. The van der Waals surface area contributed by atoms with Crippen molar-refractivity contribution in [3.05, 3.63) is 33.9 Å². The highest BCUT2D eigenvalue weighted by molar-refractivity contribution is 5.96. The molecule has 24 heavy (non-hydrogen) atoms. The second-order valence-corrected chi connectivity index (χ2v) is 5.66. The van der Waals surface area contributed by atoms with E-state index in [0.29, 0.717) is 13.1 Å². The molecule has 1 aliphatic rings. The Morgan fingerprint density at radius 3 is 2.54 bits per heavy atom. The number of carbonyl (C=O) groups excluding carboxylic acids is 2. The van der Waals surface area contributed by atoms with Crippen LogP contribution in [0.3, 0.4) is 0 Å². The zero-order valence-electron chi connectivity index (χ0n) is 13.4. The summed E-state index contributed by atoms with van der Waals surface area (Å²) in [5.74, 6) is -1.13. The summed E-state index contributed by atoms with van der Waals surface area (Å²) in [5.41, 5.74) is 5.31. The minimum Gasteiger partial charge on any atom is -0.452 e. The predicted octanol–water partition coefficient (Wildman–Crippen LogP) is 0.970. The number of hydrogen-bond acceptors (Lipinski definition) is 7. The zero-order valence-corrected chi connectivity index (χ0v) is 13.4. The molecule has 1 amide bonds. The van der Waals surface area contributed by atoms with E-state index in [1.807, 2.05) is 13.8 Å². The second kappa shape index (κ2) is 7.26. The topological polar surface area (TPSA) is 125 Å². The molecule has 0 unspecified atom stereocenters. The Morgan fingerprint density at radius 1 is 1.38 bits per heavy atom. The maximum absolute atomic E-state index is 12.1. The Kier molecular flexibility index (Phi) is 5.35. The smallest absolute Gasteiger partial charge is 0.340 e. The van der Waals surface area contributed by atoms with E-state index in [9.17, 15) is 19.7 Å². The predicted molar refractivity (Wildman–Crippen MR) is 84.4 cm³/mol. The van der Waals surface area contributed by atoms with Crippen molar-refractivity contribution in [2.75, 3.05) is 25.4 Å². The highest BCUT2D eigenvalue weighted by Crippen LogP contribution is 2.20. The molecular weight excluding hydrogens is 318 g/mol. The van der Waals surface area contributed by atoms with Gasteiger partial charge in [-0.25, -0.2) is 4.79 Å². The molecule has 0 radical (unpaired) electrons. The van der Waals surface area contributed by atoms with Crippen LogP contribution in [0.4, 0.5) is 11.4 Å². The third kappa shape index (κ3) is 4.19. The van der Waals surface area contributed by atoms with E-state index in [1.165, 1.54) is 6.07 Å². The zero-order chi connectivity index (χ0) is 17.9.